The molecule has 0 bridgehead atoms. The summed E-state index contributed by atoms with van der Waals surface area (Å²) in [5.41, 5.74) is 11.2. The number of aromatic amines is 1. The fourth-order valence-electron chi connectivity index (χ4n) is 7.73. The van der Waals surface area contributed by atoms with Gasteiger partial charge in [-0.3, -0.25) is 4.57 Å². The van der Waals surface area contributed by atoms with Gasteiger partial charge in [0.05, 0.1) is 22.2 Å². The van der Waals surface area contributed by atoms with Crippen molar-refractivity contribution in [2.24, 2.45) is 0 Å². The molecule has 4 heterocycles. The van der Waals surface area contributed by atoms with Crippen LogP contribution >= 0.6 is 0 Å². The van der Waals surface area contributed by atoms with Crippen molar-refractivity contribution in [3.63, 3.8) is 0 Å². The first-order valence-electron chi connectivity index (χ1n) is 16.5. The fourth-order valence-corrected chi connectivity index (χ4v) is 7.73. The van der Waals surface area contributed by atoms with E-state index in [0.717, 1.165) is 88.1 Å². The second kappa shape index (κ2) is 9.89. The van der Waals surface area contributed by atoms with Gasteiger partial charge in [-0.25, -0.2) is 9.97 Å². The van der Waals surface area contributed by atoms with Crippen LogP contribution in [0.1, 0.15) is 0 Å². The van der Waals surface area contributed by atoms with Crippen molar-refractivity contribution in [3.8, 4) is 28.3 Å². The molecule has 49 heavy (non-hydrogen) atoms. The van der Waals surface area contributed by atoms with Gasteiger partial charge >= 0.3 is 0 Å². The van der Waals surface area contributed by atoms with Crippen LogP contribution in [0.5, 0.6) is 0 Å². The standard InChI is InChI=1S/C44H26N4O/c1-2-10-26(11-3-1)43-42-36(22-23-40-41(42)32-14-6-9-17-39(32)49-40)46-44(47-43)48-37-16-8-5-13-30(37)31-20-18-28(25-38(31)48)27-19-21-35-33(24-27)29-12-4-7-15-34(29)45-35/h1-25,45H. The number of para-hydroxylation sites is 3. The minimum absolute atomic E-state index is 0.633. The van der Waals surface area contributed by atoms with Gasteiger partial charge < -0.3 is 9.40 Å². The third-order valence-corrected chi connectivity index (χ3v) is 9.95. The predicted octanol–water partition coefficient (Wildman–Crippen LogP) is 11.6. The third kappa shape index (κ3) is 3.81. The molecule has 1 N–H and O–H groups in total. The normalized spacial score (nSPS) is 12.1. The van der Waals surface area contributed by atoms with Crippen LogP contribution in [0.2, 0.25) is 0 Å². The number of furan rings is 1. The van der Waals surface area contributed by atoms with Gasteiger partial charge in [-0.15, -0.1) is 0 Å². The Hall–Kier alpha value is -6.72. The summed E-state index contributed by atoms with van der Waals surface area (Å²) in [6.45, 7) is 0. The Morgan fingerprint density at radius 3 is 2.08 bits per heavy atom. The van der Waals surface area contributed by atoms with E-state index >= 15 is 0 Å². The van der Waals surface area contributed by atoms with E-state index in [1.807, 2.05) is 24.3 Å². The highest BCUT2D eigenvalue weighted by Gasteiger charge is 2.21. The zero-order valence-corrected chi connectivity index (χ0v) is 26.2. The molecule has 0 fully saturated rings. The molecule has 5 heteroatoms. The molecule has 0 amide bonds. The molecule has 0 radical (unpaired) electrons. The van der Waals surface area contributed by atoms with Crippen LogP contribution in [0, 0.1) is 0 Å². The van der Waals surface area contributed by atoms with E-state index in [1.54, 1.807) is 0 Å². The summed E-state index contributed by atoms with van der Waals surface area (Å²) >= 11 is 0. The zero-order chi connectivity index (χ0) is 32.1. The Morgan fingerprint density at radius 2 is 1.16 bits per heavy atom. The molecule has 0 saturated carbocycles. The van der Waals surface area contributed by atoms with E-state index in [9.17, 15) is 0 Å². The Morgan fingerprint density at radius 1 is 0.449 bits per heavy atom. The molecule has 0 unspecified atom stereocenters. The second-order valence-corrected chi connectivity index (χ2v) is 12.7. The molecule has 7 aromatic carbocycles. The maximum Gasteiger partial charge on any atom is 0.235 e. The highest BCUT2D eigenvalue weighted by atomic mass is 16.3. The van der Waals surface area contributed by atoms with Crippen molar-refractivity contribution >= 4 is 76.5 Å². The van der Waals surface area contributed by atoms with Gasteiger partial charge in [0.2, 0.25) is 5.95 Å². The molecular formula is C44H26N4O. The monoisotopic (exact) mass is 626 g/mol. The molecule has 0 saturated heterocycles. The summed E-state index contributed by atoms with van der Waals surface area (Å²) < 4.78 is 8.53. The number of fused-ring (bicyclic) bond motifs is 11. The van der Waals surface area contributed by atoms with Crippen molar-refractivity contribution in [3.05, 3.63) is 152 Å². The minimum atomic E-state index is 0.633. The van der Waals surface area contributed by atoms with E-state index in [4.69, 9.17) is 14.4 Å². The van der Waals surface area contributed by atoms with Crippen molar-refractivity contribution in [2.45, 2.75) is 0 Å². The molecule has 5 nitrogen and oxygen atoms in total. The quantitative estimate of drug-likeness (QED) is 0.212. The molecule has 0 aliphatic rings. The number of H-pyrrole nitrogens is 1. The van der Waals surface area contributed by atoms with Gasteiger partial charge in [-0.1, -0.05) is 103 Å². The van der Waals surface area contributed by atoms with Crippen LogP contribution in [-0.4, -0.2) is 19.5 Å². The number of hydrogen-bond donors (Lipinski definition) is 1. The van der Waals surface area contributed by atoms with Gasteiger partial charge in [0, 0.05) is 54.3 Å². The summed E-state index contributed by atoms with van der Waals surface area (Å²) in [5, 5.41) is 7.86. The van der Waals surface area contributed by atoms with Crippen LogP contribution < -0.4 is 0 Å². The average molecular weight is 627 g/mol. The number of hydrogen-bond acceptors (Lipinski definition) is 3. The lowest BCUT2D eigenvalue weighted by Gasteiger charge is -2.13. The minimum Gasteiger partial charge on any atom is -0.456 e. The number of rotatable bonds is 3. The van der Waals surface area contributed by atoms with Gasteiger partial charge in [-0.2, -0.15) is 0 Å². The lowest BCUT2D eigenvalue weighted by Crippen LogP contribution is -2.03. The van der Waals surface area contributed by atoms with E-state index < -0.39 is 0 Å². The maximum atomic E-state index is 6.31. The molecule has 11 rings (SSSR count). The topological polar surface area (TPSA) is 59.6 Å². The first kappa shape index (κ1) is 26.4. The van der Waals surface area contributed by atoms with Crippen molar-refractivity contribution < 1.29 is 4.42 Å². The van der Waals surface area contributed by atoms with E-state index in [2.05, 4.69) is 137 Å². The van der Waals surface area contributed by atoms with E-state index in [0.29, 0.717) is 5.95 Å². The fraction of sp³-hybridized carbons (Fsp3) is 0. The van der Waals surface area contributed by atoms with Gasteiger partial charge in [0.1, 0.15) is 11.2 Å². The van der Waals surface area contributed by atoms with Crippen LogP contribution in [-0.2, 0) is 0 Å². The van der Waals surface area contributed by atoms with E-state index in [1.165, 1.54) is 10.8 Å². The SMILES string of the molecule is c1ccc(-c2nc(-n3c4ccccc4c4ccc(-c5ccc6[nH]c7ccccc7c6c5)cc43)nc3ccc4oc5ccccc5c4c23)cc1. The predicted molar refractivity (Wildman–Crippen MR) is 201 cm³/mol. The Labute approximate surface area is 279 Å². The highest BCUT2D eigenvalue weighted by Crippen LogP contribution is 2.41. The Bertz CT molecular complexity index is 3110. The molecule has 0 aliphatic carbocycles. The van der Waals surface area contributed by atoms with Gasteiger partial charge in [-0.05, 0) is 59.7 Å². The number of nitrogens with zero attached hydrogens (tertiary/aromatic N) is 3. The molecule has 0 spiro atoms. The van der Waals surface area contributed by atoms with E-state index in [-0.39, 0.29) is 0 Å². The van der Waals surface area contributed by atoms with Crippen LogP contribution in [0.15, 0.2) is 156 Å². The maximum absolute atomic E-state index is 6.31. The number of benzene rings is 7. The summed E-state index contributed by atoms with van der Waals surface area (Å²) in [6.07, 6.45) is 0. The van der Waals surface area contributed by atoms with Crippen molar-refractivity contribution in [1.82, 2.24) is 19.5 Å². The molecule has 228 valence electrons. The Balaban J connectivity index is 1.21. The van der Waals surface area contributed by atoms with Gasteiger partial charge in [0.25, 0.3) is 0 Å². The number of aromatic nitrogens is 4. The van der Waals surface area contributed by atoms with Crippen molar-refractivity contribution in [2.75, 3.05) is 0 Å². The Kier molecular flexibility index (Phi) is 5.32. The molecule has 0 atom stereocenters. The average Bonchev–Trinajstić information content (AvgIpc) is 3.83. The first-order valence-corrected chi connectivity index (χ1v) is 16.5. The summed E-state index contributed by atoms with van der Waals surface area (Å²) in [5.74, 6) is 0.633. The third-order valence-electron chi connectivity index (χ3n) is 9.95. The van der Waals surface area contributed by atoms with Crippen LogP contribution in [0.3, 0.4) is 0 Å². The molecule has 11 aromatic rings. The van der Waals surface area contributed by atoms with Gasteiger partial charge in [0.15, 0.2) is 0 Å². The van der Waals surface area contributed by atoms with Crippen LogP contribution in [0.4, 0.5) is 0 Å². The summed E-state index contributed by atoms with van der Waals surface area (Å²) in [6, 6.07) is 53.2. The second-order valence-electron chi connectivity index (χ2n) is 12.7. The lowest BCUT2D eigenvalue weighted by molar-refractivity contribution is 0.669. The zero-order valence-electron chi connectivity index (χ0n) is 26.2. The van der Waals surface area contributed by atoms with Crippen molar-refractivity contribution in [1.29, 1.82) is 0 Å². The largest absolute Gasteiger partial charge is 0.456 e. The number of nitrogens with one attached hydrogen (secondary N) is 1. The smallest absolute Gasteiger partial charge is 0.235 e. The molecule has 0 aliphatic heterocycles. The molecular weight excluding hydrogens is 601 g/mol. The molecule has 4 aromatic heterocycles. The first-order chi connectivity index (χ1) is 24.3. The summed E-state index contributed by atoms with van der Waals surface area (Å²) in [7, 11) is 0. The summed E-state index contributed by atoms with van der Waals surface area (Å²) in [4.78, 5) is 14.3. The highest BCUT2D eigenvalue weighted by molar-refractivity contribution is 6.22. The lowest BCUT2D eigenvalue weighted by atomic mass is 10.0. The van der Waals surface area contributed by atoms with Crippen LogP contribution in [0.25, 0.3) is 105 Å².